The molecule has 4 N–H and O–H groups in total. The van der Waals surface area contributed by atoms with Gasteiger partial charge in [0.15, 0.2) is 10.3 Å². The van der Waals surface area contributed by atoms with Crippen LogP contribution in [0.15, 0.2) is 153 Å². The van der Waals surface area contributed by atoms with Crippen molar-refractivity contribution in [2.45, 2.75) is 27.6 Å². The minimum absolute atomic E-state index is 0.0556. The van der Waals surface area contributed by atoms with E-state index in [1.54, 1.807) is 30.5 Å². The minimum atomic E-state index is -1.65. The number of halogens is 6. The lowest BCUT2D eigenvalue weighted by Gasteiger charge is -1.97. The third-order valence-corrected chi connectivity index (χ3v) is 11.7. The molecule has 0 fully saturated rings. The van der Waals surface area contributed by atoms with Gasteiger partial charge in [0.25, 0.3) is 0 Å². The van der Waals surface area contributed by atoms with E-state index in [0.29, 0.717) is 21.4 Å². The molecular weight excluding hydrogens is 1060 g/mol. The van der Waals surface area contributed by atoms with Gasteiger partial charge >= 0.3 is 14.2 Å². The van der Waals surface area contributed by atoms with E-state index in [2.05, 4.69) is 57.9 Å². The van der Waals surface area contributed by atoms with Crippen LogP contribution in [0.25, 0.3) is 44.6 Å². The number of aromatic nitrogens is 11. The van der Waals surface area contributed by atoms with Crippen molar-refractivity contribution >= 4 is 87.6 Å². The van der Waals surface area contributed by atoms with Crippen LogP contribution in [0.3, 0.4) is 0 Å². The summed E-state index contributed by atoms with van der Waals surface area (Å²) in [5.41, 5.74) is 10.2. The molecule has 15 nitrogen and oxygen atoms in total. The summed E-state index contributed by atoms with van der Waals surface area (Å²) >= 11 is 13.8. The van der Waals surface area contributed by atoms with Gasteiger partial charge in [-0.25, -0.2) is 31.2 Å². The predicted octanol–water partition coefficient (Wildman–Crippen LogP) is 8.57. The lowest BCUT2D eigenvalue weighted by Crippen LogP contribution is -2.30. The van der Waals surface area contributed by atoms with Crippen LogP contribution in [0, 0.1) is 41.8 Å². The molecule has 0 aliphatic carbocycles. The molecule has 11 rings (SSSR count). The summed E-state index contributed by atoms with van der Waals surface area (Å²) < 4.78 is 46.7. The van der Waals surface area contributed by atoms with Crippen LogP contribution in [0.4, 0.5) is 13.2 Å². The quantitative estimate of drug-likeness (QED) is 0.0981. The molecule has 0 aromatic carbocycles. The van der Waals surface area contributed by atoms with Crippen LogP contribution in [0.5, 0.6) is 0 Å². The summed E-state index contributed by atoms with van der Waals surface area (Å²) in [4.78, 5) is 11.1. The summed E-state index contributed by atoms with van der Waals surface area (Å²) in [6, 6.07) is 27.4. The highest BCUT2D eigenvalue weighted by Crippen LogP contribution is 2.27. The number of hydrogen-bond donors (Lipinski definition) is 4. The Kier molecular flexibility index (Phi) is 18.6. The molecule has 23 heteroatoms. The van der Waals surface area contributed by atoms with E-state index in [1.807, 2.05) is 118 Å². The first-order valence-electron chi connectivity index (χ1n) is 20.8. The average molecular weight is 1100 g/mol. The third kappa shape index (κ3) is 13.7. The number of pyridine rings is 7. The van der Waals surface area contributed by atoms with E-state index in [4.69, 9.17) is 43.3 Å². The van der Waals surface area contributed by atoms with Crippen molar-refractivity contribution in [2.24, 2.45) is 0 Å². The molecule has 11 heterocycles. The highest BCUT2D eigenvalue weighted by atomic mass is 127. The van der Waals surface area contributed by atoms with Gasteiger partial charge in [-0.05, 0) is 117 Å². The first-order chi connectivity index (χ1) is 33.5. The standard InChI is InChI=1S/2C13H10FN3.C8H7ClN2.C7H4ClIN2.C5H5BFNO2.CH5BO2/c2*1-9-12-4-2-3-5-17(12)16-13(9)10-6-11(14)8-15-7-10;1-6-7-4-2-3-5-11(7)10-8(6)9;8-7-6(9)5-3-1-2-4-11(5)10-7;7-5-1-4(6(9)10)2-8-3-5;1-2(3)4/h2*2-8H,1H3;2-5H,1H3;1-4H;1-3,9-10H;3-4H,1H3. The Morgan fingerprint density at radius 1 is 0.486 bits per heavy atom. The molecule has 0 aliphatic rings. The Hall–Kier alpha value is -6.72. The molecule has 11 aromatic heterocycles. The first kappa shape index (κ1) is 52.6. The van der Waals surface area contributed by atoms with Gasteiger partial charge < -0.3 is 20.1 Å². The van der Waals surface area contributed by atoms with Gasteiger partial charge in [0, 0.05) is 76.7 Å². The van der Waals surface area contributed by atoms with Crippen molar-refractivity contribution in [3.8, 4) is 22.5 Å². The third-order valence-electron chi connectivity index (χ3n) is 9.72. The fourth-order valence-corrected chi connectivity index (χ4v) is 7.37. The second-order valence-electron chi connectivity index (χ2n) is 14.8. The van der Waals surface area contributed by atoms with E-state index < -0.39 is 20.1 Å². The number of fused-ring (bicyclic) bond motifs is 4. The Morgan fingerprint density at radius 3 is 1.20 bits per heavy atom. The van der Waals surface area contributed by atoms with Crippen LogP contribution in [0.2, 0.25) is 17.1 Å². The van der Waals surface area contributed by atoms with Gasteiger partial charge in [0.2, 0.25) is 0 Å². The maximum absolute atomic E-state index is 13.1. The second-order valence-corrected chi connectivity index (χ2v) is 16.6. The van der Waals surface area contributed by atoms with E-state index >= 15 is 0 Å². The lowest BCUT2D eigenvalue weighted by molar-refractivity contribution is 0.417. The van der Waals surface area contributed by atoms with E-state index in [1.165, 1.54) is 37.5 Å². The number of rotatable bonds is 3. The van der Waals surface area contributed by atoms with Crippen molar-refractivity contribution in [2.75, 3.05) is 0 Å². The summed E-state index contributed by atoms with van der Waals surface area (Å²) in [7, 11) is -2.82. The van der Waals surface area contributed by atoms with Crippen molar-refractivity contribution in [1.82, 2.24) is 53.4 Å². The smallest absolute Gasteiger partial charge is 0.427 e. The summed E-state index contributed by atoms with van der Waals surface area (Å²) in [6.07, 6.45) is 15.3. The zero-order chi connectivity index (χ0) is 50.5. The van der Waals surface area contributed by atoms with E-state index in [9.17, 15) is 13.2 Å². The molecule has 0 saturated heterocycles. The normalized spacial score (nSPS) is 10.4. The predicted molar refractivity (Wildman–Crippen MR) is 274 cm³/mol. The van der Waals surface area contributed by atoms with E-state index in [-0.39, 0.29) is 17.1 Å². The van der Waals surface area contributed by atoms with Gasteiger partial charge in [-0.3, -0.25) is 15.0 Å². The molecule has 0 amide bonds. The summed E-state index contributed by atoms with van der Waals surface area (Å²) in [5.74, 6) is -1.27. The maximum Gasteiger partial charge on any atom is 0.490 e. The van der Waals surface area contributed by atoms with Crippen LogP contribution < -0.4 is 5.46 Å². The van der Waals surface area contributed by atoms with Crippen LogP contribution >= 0.6 is 45.8 Å². The highest BCUT2D eigenvalue weighted by Gasteiger charge is 2.13. The van der Waals surface area contributed by atoms with E-state index in [0.717, 1.165) is 66.0 Å². The average Bonchev–Trinajstić information content (AvgIpc) is 4.06. The number of hydrogen-bond acceptors (Lipinski definition) is 11. The van der Waals surface area contributed by atoms with Gasteiger partial charge in [0.05, 0.1) is 55.6 Å². The van der Waals surface area contributed by atoms with Crippen LogP contribution in [-0.4, -0.2) is 87.7 Å². The Balaban J connectivity index is 0.000000143. The maximum atomic E-state index is 13.1. The van der Waals surface area contributed by atoms with Gasteiger partial charge in [-0.15, -0.1) is 0 Å². The summed E-state index contributed by atoms with van der Waals surface area (Å²) in [5, 5.41) is 50.4. The zero-order valence-electron chi connectivity index (χ0n) is 37.6. The molecule has 11 aromatic rings. The van der Waals surface area contributed by atoms with Gasteiger partial charge in [-0.1, -0.05) is 47.5 Å². The van der Waals surface area contributed by atoms with Crippen molar-refractivity contribution in [3.05, 3.63) is 201 Å². The van der Waals surface area contributed by atoms with Gasteiger partial charge in [0.1, 0.15) is 17.5 Å². The van der Waals surface area contributed by atoms with Crippen molar-refractivity contribution in [3.63, 3.8) is 0 Å². The molecule has 0 saturated carbocycles. The van der Waals surface area contributed by atoms with Crippen molar-refractivity contribution in [1.29, 1.82) is 0 Å². The Morgan fingerprint density at radius 2 is 0.843 bits per heavy atom. The Bertz CT molecular complexity index is 3290. The molecule has 0 atom stereocenters. The zero-order valence-corrected chi connectivity index (χ0v) is 41.2. The van der Waals surface area contributed by atoms with Crippen LogP contribution in [-0.2, 0) is 0 Å². The monoisotopic (exact) mass is 1100 g/mol. The molecular formula is C47H41B2Cl2F3IN11O4. The van der Waals surface area contributed by atoms with Crippen LogP contribution in [0.1, 0.15) is 16.7 Å². The SMILES string of the molecule is CB(O)O.Cc1c(-c2cncc(F)c2)nn2ccccc12.Cc1c(-c2cncc(F)c2)nn2ccccc12.Cc1c(Cl)nn2ccccc12.Clc1nn2ccccc2c1I.OB(O)c1cncc(F)c1. The fourth-order valence-electron chi connectivity index (χ4n) is 6.48. The highest BCUT2D eigenvalue weighted by molar-refractivity contribution is 14.1. The molecule has 356 valence electrons. The fraction of sp³-hybridized carbons (Fsp3) is 0.0851. The largest absolute Gasteiger partial charge is 0.490 e. The lowest BCUT2D eigenvalue weighted by atomic mass is 9.82. The molecule has 70 heavy (non-hydrogen) atoms. The molecule has 0 spiro atoms. The second kappa shape index (κ2) is 24.7. The van der Waals surface area contributed by atoms with Gasteiger partial charge in [-0.2, -0.15) is 20.4 Å². The first-order valence-corrected chi connectivity index (χ1v) is 22.7. The topological polar surface area (TPSA) is 189 Å². The number of nitrogens with zero attached hydrogens (tertiary/aromatic N) is 11. The van der Waals surface area contributed by atoms with Crippen molar-refractivity contribution < 1.29 is 33.3 Å². The number of aryl methyl sites for hydroxylation is 3. The Labute approximate surface area is 422 Å². The molecule has 0 bridgehead atoms. The molecule has 0 aliphatic heterocycles. The molecule has 0 radical (unpaired) electrons. The summed E-state index contributed by atoms with van der Waals surface area (Å²) in [6.45, 7) is 7.19. The minimum Gasteiger partial charge on any atom is -0.427 e. The molecule has 0 unspecified atom stereocenters.